The first-order chi connectivity index (χ1) is 14.6. The Balaban J connectivity index is 1.26. The van der Waals surface area contributed by atoms with Crippen LogP contribution in [-0.2, 0) is 17.0 Å². The van der Waals surface area contributed by atoms with Crippen LogP contribution in [0.15, 0.2) is 58.3 Å². The van der Waals surface area contributed by atoms with Crippen molar-refractivity contribution < 1.29 is 4.79 Å². The van der Waals surface area contributed by atoms with Gasteiger partial charge >= 0.3 is 0 Å². The van der Waals surface area contributed by atoms with Gasteiger partial charge in [-0.25, -0.2) is 4.98 Å². The molecule has 7 heteroatoms. The third-order valence-electron chi connectivity index (χ3n) is 5.11. The van der Waals surface area contributed by atoms with E-state index in [1.165, 1.54) is 16.8 Å². The highest BCUT2D eigenvalue weighted by atomic mass is 35.5. The summed E-state index contributed by atoms with van der Waals surface area (Å²) in [5.41, 5.74) is 4.54. The van der Waals surface area contributed by atoms with Gasteiger partial charge in [-0.15, -0.1) is 11.3 Å². The third-order valence-corrected chi connectivity index (χ3v) is 7.49. The van der Waals surface area contributed by atoms with Crippen molar-refractivity contribution in [1.29, 1.82) is 0 Å². The molecule has 0 saturated carbocycles. The Bertz CT molecular complexity index is 1010. The molecule has 2 heterocycles. The Hall–Kier alpha value is -2.02. The average molecular weight is 458 g/mol. The summed E-state index contributed by atoms with van der Waals surface area (Å²) in [5, 5.41) is 2.75. The number of thioether (sulfide) groups is 1. The first-order valence-electron chi connectivity index (χ1n) is 9.98. The van der Waals surface area contributed by atoms with Crippen molar-refractivity contribution in [3.05, 3.63) is 75.8 Å². The molecular weight excluding hydrogens is 434 g/mol. The lowest BCUT2D eigenvalue weighted by molar-refractivity contribution is -0.130. The molecular formula is C23H24ClN3OS2. The molecule has 4 nitrogen and oxygen atoms in total. The second-order valence-electron chi connectivity index (χ2n) is 7.41. The molecule has 1 saturated heterocycles. The molecule has 0 bridgehead atoms. The van der Waals surface area contributed by atoms with Gasteiger partial charge in [0.05, 0.1) is 12.1 Å². The molecule has 30 heavy (non-hydrogen) atoms. The molecule has 1 aliphatic heterocycles. The fourth-order valence-electron chi connectivity index (χ4n) is 3.51. The fraction of sp³-hybridized carbons (Fsp3) is 0.304. The van der Waals surface area contributed by atoms with E-state index in [1.54, 1.807) is 23.1 Å². The highest BCUT2D eigenvalue weighted by molar-refractivity contribution is 8.00. The highest BCUT2D eigenvalue weighted by Crippen LogP contribution is 2.27. The molecule has 1 fully saturated rings. The van der Waals surface area contributed by atoms with E-state index in [1.807, 2.05) is 28.5 Å². The maximum absolute atomic E-state index is 12.7. The van der Waals surface area contributed by atoms with Crippen molar-refractivity contribution in [2.45, 2.75) is 23.4 Å². The van der Waals surface area contributed by atoms with E-state index >= 15 is 0 Å². The van der Waals surface area contributed by atoms with Gasteiger partial charge in [0.1, 0.15) is 4.34 Å². The second-order valence-corrected chi connectivity index (χ2v) is 9.92. The van der Waals surface area contributed by atoms with Crippen LogP contribution in [0, 0.1) is 6.92 Å². The SMILES string of the molecule is Cc1cccc(N2CCN(C(=O)Cc3csc(SCc4cccc(Cl)c4)n3)CC2)c1. The molecule has 1 amide bonds. The maximum atomic E-state index is 12.7. The molecule has 156 valence electrons. The second kappa shape index (κ2) is 9.86. The summed E-state index contributed by atoms with van der Waals surface area (Å²) in [5.74, 6) is 0.984. The van der Waals surface area contributed by atoms with Gasteiger partial charge in [0, 0.05) is 48.0 Å². The number of benzene rings is 2. The lowest BCUT2D eigenvalue weighted by atomic mass is 10.2. The predicted octanol–water partition coefficient (Wildman–Crippen LogP) is 5.29. The topological polar surface area (TPSA) is 36.4 Å². The molecule has 2 aromatic carbocycles. The number of carbonyl (C=O) groups is 1. The number of anilines is 1. The van der Waals surface area contributed by atoms with Crippen molar-refractivity contribution in [3.63, 3.8) is 0 Å². The average Bonchev–Trinajstić information content (AvgIpc) is 3.20. The van der Waals surface area contributed by atoms with Crippen LogP contribution >= 0.6 is 34.7 Å². The van der Waals surface area contributed by atoms with E-state index in [-0.39, 0.29) is 5.91 Å². The van der Waals surface area contributed by atoms with Gasteiger partial charge < -0.3 is 9.80 Å². The maximum Gasteiger partial charge on any atom is 0.228 e. The number of nitrogens with zero attached hydrogens (tertiary/aromatic N) is 3. The zero-order valence-corrected chi connectivity index (χ0v) is 19.3. The molecule has 4 rings (SSSR count). The normalized spacial score (nSPS) is 14.2. The standard InChI is InChI=1S/C23H24ClN3OS2/c1-17-4-2-7-21(12-17)26-8-10-27(11-9-26)22(28)14-20-16-30-23(25-20)29-15-18-5-3-6-19(24)13-18/h2-7,12-13,16H,8-11,14-15H2,1H3. The van der Waals surface area contributed by atoms with Crippen molar-refractivity contribution in [3.8, 4) is 0 Å². The van der Waals surface area contributed by atoms with Gasteiger partial charge in [0.25, 0.3) is 0 Å². The summed E-state index contributed by atoms with van der Waals surface area (Å²) in [4.78, 5) is 21.7. The first-order valence-corrected chi connectivity index (χ1v) is 12.2. The quantitative estimate of drug-likeness (QED) is 0.471. The lowest BCUT2D eigenvalue weighted by Crippen LogP contribution is -2.49. The number of amides is 1. The van der Waals surface area contributed by atoms with Crippen LogP contribution in [0.3, 0.4) is 0 Å². The van der Waals surface area contributed by atoms with Crippen LogP contribution in [0.25, 0.3) is 0 Å². The van der Waals surface area contributed by atoms with Gasteiger partial charge in [0.15, 0.2) is 0 Å². The van der Waals surface area contributed by atoms with Crippen molar-refractivity contribution in [1.82, 2.24) is 9.88 Å². The third kappa shape index (κ3) is 5.56. The molecule has 1 aromatic heterocycles. The van der Waals surface area contributed by atoms with E-state index in [2.05, 4.69) is 47.1 Å². The van der Waals surface area contributed by atoms with Crippen LogP contribution in [0.2, 0.25) is 5.02 Å². The molecule has 0 spiro atoms. The van der Waals surface area contributed by atoms with E-state index < -0.39 is 0 Å². The number of piperazine rings is 1. The molecule has 3 aromatic rings. The summed E-state index contributed by atoms with van der Waals surface area (Å²) < 4.78 is 0.988. The van der Waals surface area contributed by atoms with E-state index in [4.69, 9.17) is 11.6 Å². The van der Waals surface area contributed by atoms with Crippen molar-refractivity contribution in [2.24, 2.45) is 0 Å². The molecule has 0 radical (unpaired) electrons. The Labute approximate surface area is 190 Å². The summed E-state index contributed by atoms with van der Waals surface area (Å²) in [7, 11) is 0. The van der Waals surface area contributed by atoms with E-state index in [0.717, 1.165) is 47.0 Å². The number of carbonyl (C=O) groups excluding carboxylic acids is 1. The Kier molecular flexibility index (Phi) is 6.97. The van der Waals surface area contributed by atoms with E-state index in [0.29, 0.717) is 6.42 Å². The van der Waals surface area contributed by atoms with Crippen molar-refractivity contribution >= 4 is 46.3 Å². The number of rotatable bonds is 6. The van der Waals surface area contributed by atoms with E-state index in [9.17, 15) is 4.79 Å². The largest absolute Gasteiger partial charge is 0.368 e. The van der Waals surface area contributed by atoms with Gasteiger partial charge in [-0.3, -0.25) is 4.79 Å². The van der Waals surface area contributed by atoms with Gasteiger partial charge in [-0.05, 0) is 42.3 Å². The summed E-state index contributed by atoms with van der Waals surface area (Å²) in [6, 6.07) is 16.4. The van der Waals surface area contributed by atoms with Crippen LogP contribution in [-0.4, -0.2) is 42.0 Å². The Morgan fingerprint density at radius 3 is 2.70 bits per heavy atom. The fourth-order valence-corrected chi connectivity index (χ4v) is 5.51. The van der Waals surface area contributed by atoms with Crippen LogP contribution in [0.1, 0.15) is 16.8 Å². The lowest BCUT2D eigenvalue weighted by Gasteiger charge is -2.36. The summed E-state index contributed by atoms with van der Waals surface area (Å²) in [6.45, 7) is 5.36. The van der Waals surface area contributed by atoms with Crippen LogP contribution in [0.5, 0.6) is 0 Å². The minimum Gasteiger partial charge on any atom is -0.368 e. The molecule has 1 aliphatic rings. The zero-order valence-electron chi connectivity index (χ0n) is 16.9. The molecule has 0 atom stereocenters. The first kappa shape index (κ1) is 21.2. The number of halogens is 1. The monoisotopic (exact) mass is 457 g/mol. The minimum atomic E-state index is 0.163. The highest BCUT2D eigenvalue weighted by Gasteiger charge is 2.22. The predicted molar refractivity (Wildman–Crippen MR) is 127 cm³/mol. The molecule has 0 aliphatic carbocycles. The van der Waals surface area contributed by atoms with Crippen LogP contribution in [0.4, 0.5) is 5.69 Å². The van der Waals surface area contributed by atoms with Crippen molar-refractivity contribution in [2.75, 3.05) is 31.1 Å². The summed E-state index contributed by atoms with van der Waals surface area (Å²) in [6.07, 6.45) is 0.374. The van der Waals surface area contributed by atoms with Gasteiger partial charge in [0.2, 0.25) is 5.91 Å². The minimum absolute atomic E-state index is 0.163. The molecule has 0 N–H and O–H groups in total. The number of hydrogen-bond donors (Lipinski definition) is 0. The van der Waals surface area contributed by atoms with Gasteiger partial charge in [-0.2, -0.15) is 0 Å². The number of thiazole rings is 1. The number of aromatic nitrogens is 1. The Morgan fingerprint density at radius 1 is 1.13 bits per heavy atom. The van der Waals surface area contributed by atoms with Gasteiger partial charge in [-0.1, -0.05) is 47.6 Å². The Morgan fingerprint density at radius 2 is 1.93 bits per heavy atom. The zero-order chi connectivity index (χ0) is 20.9. The summed E-state index contributed by atoms with van der Waals surface area (Å²) >= 11 is 9.33. The number of aryl methyl sites for hydroxylation is 1. The molecule has 0 unspecified atom stereocenters. The van der Waals surface area contributed by atoms with Crippen LogP contribution < -0.4 is 4.90 Å². The number of hydrogen-bond acceptors (Lipinski definition) is 5. The smallest absolute Gasteiger partial charge is 0.228 e.